The topological polar surface area (TPSA) is 96.2 Å². The van der Waals surface area contributed by atoms with E-state index in [2.05, 4.69) is 16.0 Å². The number of carbonyl (C=O) groups excluding carboxylic acids is 2. The lowest BCUT2D eigenvalue weighted by atomic mass is 10.1. The summed E-state index contributed by atoms with van der Waals surface area (Å²) in [6.45, 7) is 0.459. The molecule has 0 saturated heterocycles. The van der Waals surface area contributed by atoms with Crippen LogP contribution in [0.1, 0.15) is 16.8 Å². The van der Waals surface area contributed by atoms with E-state index in [9.17, 15) is 9.59 Å². The maximum Gasteiger partial charge on any atom is 0.251 e. The highest BCUT2D eigenvalue weighted by Gasteiger charge is 2.07. The molecule has 18 heavy (non-hydrogen) atoms. The molecule has 2 amide bonds. The zero-order valence-corrected chi connectivity index (χ0v) is 10.5. The molecule has 6 nitrogen and oxygen atoms in total. The quantitative estimate of drug-likeness (QED) is 0.560. The van der Waals surface area contributed by atoms with Crippen molar-refractivity contribution in [2.45, 2.75) is 6.42 Å². The fourth-order valence-electron chi connectivity index (χ4n) is 1.43. The van der Waals surface area contributed by atoms with E-state index < -0.39 is 0 Å². The number of nitrogens with two attached hydrogens (primary N) is 1. The van der Waals surface area contributed by atoms with Crippen LogP contribution in [0, 0.1) is 0 Å². The monoisotopic (exact) mass is 250 g/mol. The molecule has 0 radical (unpaired) electrons. The summed E-state index contributed by atoms with van der Waals surface area (Å²) in [5, 5.41) is 8.10. The van der Waals surface area contributed by atoms with E-state index in [1.54, 1.807) is 32.3 Å². The predicted molar refractivity (Wildman–Crippen MR) is 71.4 cm³/mol. The molecule has 0 aliphatic rings. The minimum absolute atomic E-state index is 0.0523. The average molecular weight is 250 g/mol. The van der Waals surface area contributed by atoms with Crippen LogP contribution in [0.15, 0.2) is 18.2 Å². The van der Waals surface area contributed by atoms with E-state index in [1.165, 1.54) is 0 Å². The van der Waals surface area contributed by atoms with Gasteiger partial charge in [0.05, 0.1) is 11.4 Å². The zero-order valence-electron chi connectivity index (χ0n) is 10.5. The first-order valence-electron chi connectivity index (χ1n) is 5.64. The number of hydrogen-bond donors (Lipinski definition) is 4. The molecule has 1 aromatic carbocycles. The fourth-order valence-corrected chi connectivity index (χ4v) is 1.43. The number of anilines is 2. The minimum atomic E-state index is -0.177. The van der Waals surface area contributed by atoms with Crippen LogP contribution in [0.4, 0.5) is 11.4 Å². The third-order valence-electron chi connectivity index (χ3n) is 2.49. The molecule has 0 aliphatic carbocycles. The summed E-state index contributed by atoms with van der Waals surface area (Å²) in [6, 6.07) is 4.98. The van der Waals surface area contributed by atoms with Crippen LogP contribution in [-0.2, 0) is 4.79 Å². The highest BCUT2D eigenvalue weighted by Crippen LogP contribution is 2.19. The van der Waals surface area contributed by atoms with Crippen LogP contribution in [0.2, 0.25) is 0 Å². The number of rotatable bonds is 5. The van der Waals surface area contributed by atoms with E-state index in [-0.39, 0.29) is 11.8 Å². The summed E-state index contributed by atoms with van der Waals surface area (Å²) in [4.78, 5) is 22.5. The van der Waals surface area contributed by atoms with Gasteiger partial charge in [0.2, 0.25) is 5.91 Å². The summed E-state index contributed by atoms with van der Waals surface area (Å²) in [6.07, 6.45) is 0.347. The number of benzene rings is 1. The van der Waals surface area contributed by atoms with Crippen LogP contribution in [0.25, 0.3) is 0 Å². The number of carbonyl (C=O) groups is 2. The van der Waals surface area contributed by atoms with Crippen molar-refractivity contribution < 1.29 is 9.59 Å². The lowest BCUT2D eigenvalue weighted by Gasteiger charge is -2.10. The van der Waals surface area contributed by atoms with Gasteiger partial charge in [0, 0.05) is 32.6 Å². The van der Waals surface area contributed by atoms with Crippen molar-refractivity contribution in [3.63, 3.8) is 0 Å². The number of hydrogen-bond acceptors (Lipinski definition) is 4. The first-order valence-corrected chi connectivity index (χ1v) is 5.64. The lowest BCUT2D eigenvalue weighted by Crippen LogP contribution is -2.21. The van der Waals surface area contributed by atoms with E-state index in [0.717, 1.165) is 0 Å². The Morgan fingerprint density at radius 3 is 2.56 bits per heavy atom. The molecule has 0 unspecified atom stereocenters. The molecule has 0 saturated carbocycles. The van der Waals surface area contributed by atoms with Crippen LogP contribution in [0.5, 0.6) is 0 Å². The summed E-state index contributed by atoms with van der Waals surface area (Å²) in [5.74, 6) is -0.229. The van der Waals surface area contributed by atoms with Gasteiger partial charge in [-0.1, -0.05) is 0 Å². The Kier molecular flexibility index (Phi) is 4.98. The Morgan fingerprint density at radius 2 is 1.94 bits per heavy atom. The molecule has 0 heterocycles. The largest absolute Gasteiger partial charge is 0.397 e. The van der Waals surface area contributed by atoms with E-state index >= 15 is 0 Å². The van der Waals surface area contributed by atoms with Gasteiger partial charge in [-0.2, -0.15) is 0 Å². The van der Waals surface area contributed by atoms with Crippen molar-refractivity contribution in [3.8, 4) is 0 Å². The molecule has 0 aliphatic heterocycles. The second-order valence-corrected chi connectivity index (χ2v) is 3.73. The molecule has 6 heteroatoms. The van der Waals surface area contributed by atoms with Gasteiger partial charge in [-0.3, -0.25) is 9.59 Å². The molecule has 0 bridgehead atoms. The van der Waals surface area contributed by atoms with Crippen molar-refractivity contribution in [3.05, 3.63) is 23.8 Å². The SMILES string of the molecule is CNC(=O)CCNc1cc(C(=O)NC)ccc1N. The van der Waals surface area contributed by atoms with Crippen molar-refractivity contribution >= 4 is 23.2 Å². The first-order chi connectivity index (χ1) is 8.58. The lowest BCUT2D eigenvalue weighted by molar-refractivity contribution is -0.120. The Balaban J connectivity index is 2.69. The van der Waals surface area contributed by atoms with Crippen molar-refractivity contribution in [1.29, 1.82) is 0 Å². The van der Waals surface area contributed by atoms with Crippen LogP contribution in [0.3, 0.4) is 0 Å². The second kappa shape index (κ2) is 6.48. The van der Waals surface area contributed by atoms with Gasteiger partial charge < -0.3 is 21.7 Å². The summed E-state index contributed by atoms with van der Waals surface area (Å²) in [7, 11) is 3.15. The normalized spacial score (nSPS) is 9.67. The molecular formula is C12H18N4O2. The van der Waals surface area contributed by atoms with Crippen LogP contribution < -0.4 is 21.7 Å². The number of nitrogens with one attached hydrogen (secondary N) is 3. The molecule has 98 valence electrons. The maximum atomic E-state index is 11.5. The minimum Gasteiger partial charge on any atom is -0.397 e. The molecular weight excluding hydrogens is 232 g/mol. The van der Waals surface area contributed by atoms with Gasteiger partial charge in [0.15, 0.2) is 0 Å². The smallest absolute Gasteiger partial charge is 0.251 e. The van der Waals surface area contributed by atoms with Crippen molar-refractivity contribution in [1.82, 2.24) is 10.6 Å². The first kappa shape index (κ1) is 13.8. The predicted octanol–water partition coefficient (Wildman–Crippen LogP) is 0.176. The van der Waals surface area contributed by atoms with Crippen molar-refractivity contribution in [2.75, 3.05) is 31.7 Å². The zero-order chi connectivity index (χ0) is 13.5. The summed E-state index contributed by atoms with van der Waals surface area (Å²) >= 11 is 0. The fraction of sp³-hybridized carbons (Fsp3) is 0.333. The Morgan fingerprint density at radius 1 is 1.22 bits per heavy atom. The summed E-state index contributed by atoms with van der Waals surface area (Å²) in [5.41, 5.74) is 7.50. The van der Waals surface area contributed by atoms with Gasteiger partial charge in [-0.15, -0.1) is 0 Å². The average Bonchev–Trinajstić information content (AvgIpc) is 2.39. The van der Waals surface area contributed by atoms with Crippen LogP contribution in [-0.4, -0.2) is 32.5 Å². The van der Waals surface area contributed by atoms with Gasteiger partial charge >= 0.3 is 0 Å². The number of amides is 2. The van der Waals surface area contributed by atoms with Crippen molar-refractivity contribution in [2.24, 2.45) is 0 Å². The summed E-state index contributed by atoms with van der Waals surface area (Å²) < 4.78 is 0. The van der Waals surface area contributed by atoms with E-state index in [4.69, 9.17) is 5.73 Å². The molecule has 0 spiro atoms. The van der Waals surface area contributed by atoms with Gasteiger partial charge in [0.25, 0.3) is 5.91 Å². The highest BCUT2D eigenvalue weighted by molar-refractivity contribution is 5.96. The standard InChI is InChI=1S/C12H18N4O2/c1-14-11(17)5-6-16-10-7-8(12(18)15-2)3-4-9(10)13/h3-4,7,16H,5-6,13H2,1-2H3,(H,14,17)(H,15,18). The molecule has 5 N–H and O–H groups in total. The van der Waals surface area contributed by atoms with Gasteiger partial charge in [0.1, 0.15) is 0 Å². The molecule has 0 aromatic heterocycles. The number of nitrogen functional groups attached to an aromatic ring is 1. The van der Waals surface area contributed by atoms with E-state index in [0.29, 0.717) is 29.9 Å². The molecule has 1 aromatic rings. The third kappa shape index (κ3) is 3.65. The van der Waals surface area contributed by atoms with E-state index in [1.807, 2.05) is 0 Å². The third-order valence-corrected chi connectivity index (χ3v) is 2.49. The van der Waals surface area contributed by atoms with Gasteiger partial charge in [-0.25, -0.2) is 0 Å². The molecule has 1 rings (SSSR count). The maximum absolute atomic E-state index is 11.5. The van der Waals surface area contributed by atoms with Gasteiger partial charge in [-0.05, 0) is 18.2 Å². The highest BCUT2D eigenvalue weighted by atomic mass is 16.2. The second-order valence-electron chi connectivity index (χ2n) is 3.73. The Hall–Kier alpha value is -2.24. The molecule has 0 fully saturated rings. The Bertz CT molecular complexity index is 446. The Labute approximate surface area is 106 Å². The van der Waals surface area contributed by atoms with Crippen LogP contribution >= 0.6 is 0 Å². The molecule has 0 atom stereocenters.